The molecule has 1 unspecified atom stereocenters. The number of nitrogen functional groups attached to an aromatic ring is 1. The number of aryl methyl sites for hydroxylation is 1. The van der Waals surface area contributed by atoms with Crippen molar-refractivity contribution in [1.29, 1.82) is 0 Å². The third-order valence-corrected chi connectivity index (χ3v) is 4.02. The summed E-state index contributed by atoms with van der Waals surface area (Å²) in [6.07, 6.45) is 0. The fraction of sp³-hybridized carbons (Fsp3) is 0.111. The molecule has 0 aliphatic heterocycles. The van der Waals surface area contributed by atoms with E-state index in [0.717, 1.165) is 10.5 Å². The fourth-order valence-electron chi connectivity index (χ4n) is 1.29. The maximum atomic E-state index is 9.44. The Morgan fingerprint density at radius 2 is 2.25 bits per heavy atom. The zero-order valence-electron chi connectivity index (χ0n) is 8.57. The zero-order chi connectivity index (χ0) is 11.7. The van der Waals surface area contributed by atoms with Crippen LogP contribution in [0.3, 0.4) is 0 Å². The van der Waals surface area contributed by atoms with Crippen LogP contribution in [0.25, 0.3) is 4.90 Å². The third-order valence-electron chi connectivity index (χ3n) is 2.07. The molecule has 0 aliphatic rings. The predicted molar refractivity (Wildman–Crippen MR) is 66.1 cm³/mol. The van der Waals surface area contributed by atoms with Crippen molar-refractivity contribution in [2.75, 3.05) is 5.84 Å². The van der Waals surface area contributed by atoms with E-state index in [9.17, 15) is 5.11 Å². The highest BCUT2D eigenvalue weighted by Gasteiger charge is 2.12. The van der Waals surface area contributed by atoms with Crippen molar-refractivity contribution in [2.24, 2.45) is 0 Å². The number of rotatable bonds is 1. The molecule has 86 valence electrons. The van der Waals surface area contributed by atoms with E-state index in [2.05, 4.69) is 9.59 Å². The molecule has 0 saturated heterocycles. The number of nitrogens with two attached hydrogens (primary N) is 1. The monoisotopic (exact) mass is 259 g/mol. The van der Waals surface area contributed by atoms with Crippen molar-refractivity contribution in [3.8, 4) is 10.6 Å². The summed E-state index contributed by atoms with van der Waals surface area (Å²) in [6, 6.07) is 5.38. The summed E-state index contributed by atoms with van der Waals surface area (Å²) >= 11 is 5.87. The highest BCUT2D eigenvalue weighted by Crippen LogP contribution is 2.31. The minimum atomic E-state index is -0.403. The number of phenolic OH excluding ortho intramolecular Hbond substituents is 1. The van der Waals surface area contributed by atoms with E-state index in [-0.39, 0.29) is 5.75 Å². The van der Waals surface area contributed by atoms with Gasteiger partial charge in [0.1, 0.15) is 16.4 Å². The minimum Gasteiger partial charge on any atom is -0.508 e. The predicted octanol–water partition coefficient (Wildman–Crippen LogP) is 2.39. The molecule has 16 heavy (non-hydrogen) atoms. The van der Waals surface area contributed by atoms with Crippen LogP contribution in [0.2, 0.25) is 5.15 Å². The maximum Gasteiger partial charge on any atom is 0.204 e. The summed E-state index contributed by atoms with van der Waals surface area (Å²) in [7, 11) is -0.403. The Kier molecular flexibility index (Phi) is 2.84. The van der Waals surface area contributed by atoms with Gasteiger partial charge >= 0.3 is 0 Å². The molecule has 0 spiro atoms. The molecule has 0 saturated carbocycles. The number of aromatic nitrogens is 3. The number of hydrogen-bond acceptors (Lipinski definition) is 2. The van der Waals surface area contributed by atoms with Gasteiger partial charge in [-0.15, -0.1) is 0 Å². The number of aromatic amines is 2. The number of nitrogens with zero attached hydrogens (tertiary/aromatic N) is 1. The molecule has 0 radical (unpaired) electrons. The topological polar surface area (TPSA) is 82.8 Å². The SMILES string of the molecule is Cc1cc(-[s+]2cc(Cl)[nH]n(N)[nH]2)ccc1O. The number of aromatic hydroxyl groups is 1. The van der Waals surface area contributed by atoms with Gasteiger partial charge in [-0.2, -0.15) is 0 Å². The van der Waals surface area contributed by atoms with Crippen molar-refractivity contribution in [3.05, 3.63) is 34.3 Å². The van der Waals surface area contributed by atoms with Gasteiger partial charge in [-0.1, -0.05) is 21.0 Å². The van der Waals surface area contributed by atoms with Crippen molar-refractivity contribution >= 4 is 22.3 Å². The lowest BCUT2D eigenvalue weighted by Crippen LogP contribution is -2.16. The summed E-state index contributed by atoms with van der Waals surface area (Å²) in [5, 5.41) is 14.4. The summed E-state index contributed by atoms with van der Waals surface area (Å²) in [4.78, 5) is 2.22. The van der Waals surface area contributed by atoms with Gasteiger partial charge in [-0.25, -0.2) is 5.10 Å². The molecule has 0 fully saturated rings. The first-order valence-corrected chi connectivity index (χ1v) is 6.20. The first-order chi connectivity index (χ1) is 7.56. The second-order valence-electron chi connectivity index (χ2n) is 3.32. The Hall–Kier alpha value is -1.53. The van der Waals surface area contributed by atoms with Crippen LogP contribution < -0.4 is 5.84 Å². The maximum absolute atomic E-state index is 9.44. The Bertz CT molecular complexity index is 529. The Morgan fingerprint density at radius 3 is 2.88 bits per heavy atom. The molecule has 2 aromatic rings. The first-order valence-electron chi connectivity index (χ1n) is 4.54. The van der Waals surface area contributed by atoms with E-state index in [1.807, 2.05) is 24.4 Å². The summed E-state index contributed by atoms with van der Waals surface area (Å²) in [6.45, 7) is 1.84. The number of H-pyrrole nitrogens is 2. The Labute approximate surface area is 99.8 Å². The van der Waals surface area contributed by atoms with Gasteiger partial charge in [0.15, 0.2) is 5.15 Å². The van der Waals surface area contributed by atoms with E-state index in [1.54, 1.807) is 6.07 Å². The van der Waals surface area contributed by atoms with Gasteiger partial charge in [0.05, 0.1) is 0 Å². The molecule has 1 atom stereocenters. The van der Waals surface area contributed by atoms with Gasteiger partial charge < -0.3 is 10.9 Å². The third kappa shape index (κ3) is 2.17. The molecule has 1 aromatic carbocycles. The fourth-order valence-corrected chi connectivity index (χ4v) is 2.97. The first kappa shape index (κ1) is 11.0. The molecule has 2 rings (SSSR count). The van der Waals surface area contributed by atoms with Crippen molar-refractivity contribution in [2.45, 2.75) is 6.92 Å². The highest BCUT2D eigenvalue weighted by molar-refractivity contribution is 7.33. The van der Waals surface area contributed by atoms with Gasteiger partial charge in [-0.3, -0.25) is 0 Å². The van der Waals surface area contributed by atoms with Gasteiger partial charge in [0, 0.05) is 12.1 Å². The number of nitrogens with one attached hydrogen (secondary N) is 2. The average molecular weight is 260 g/mol. The van der Waals surface area contributed by atoms with Crippen LogP contribution in [0, 0.1) is 6.92 Å². The van der Waals surface area contributed by atoms with Crippen LogP contribution >= 0.6 is 22.3 Å². The van der Waals surface area contributed by atoms with Crippen LogP contribution in [-0.4, -0.2) is 19.6 Å². The van der Waals surface area contributed by atoms with E-state index in [0.29, 0.717) is 5.15 Å². The smallest absolute Gasteiger partial charge is 0.204 e. The van der Waals surface area contributed by atoms with Gasteiger partial charge in [-0.05, 0) is 18.6 Å². The van der Waals surface area contributed by atoms with Crippen LogP contribution in [0.5, 0.6) is 5.75 Å². The van der Waals surface area contributed by atoms with E-state index < -0.39 is 10.7 Å². The molecule has 1 heterocycles. The van der Waals surface area contributed by atoms with E-state index in [4.69, 9.17) is 17.4 Å². The van der Waals surface area contributed by atoms with E-state index >= 15 is 0 Å². The molecular formula is C9H12ClN4OS+. The normalized spacial score (nSPS) is 11.5. The molecule has 0 aliphatic carbocycles. The minimum absolute atomic E-state index is 0.280. The van der Waals surface area contributed by atoms with Gasteiger partial charge in [0.2, 0.25) is 10.3 Å². The molecular weight excluding hydrogens is 248 g/mol. The second-order valence-corrected chi connectivity index (χ2v) is 5.30. The Morgan fingerprint density at radius 1 is 1.50 bits per heavy atom. The number of halogens is 1. The number of phenols is 1. The van der Waals surface area contributed by atoms with Crippen LogP contribution in [0.15, 0.2) is 23.6 Å². The summed E-state index contributed by atoms with van der Waals surface area (Å²) in [5.74, 6) is 5.84. The molecule has 7 heteroatoms. The molecule has 0 amide bonds. The average Bonchev–Trinajstić information content (AvgIpc) is 2.20. The standard InChI is InChI=1S/C9H11ClN4OS/c1-6-4-7(2-3-8(6)15)16-5-9(10)12-14(11)13-16/h2-5,12-13H,11H2,1H3/p+1. The lowest BCUT2D eigenvalue weighted by molar-refractivity contribution is 0.471. The molecule has 5 N–H and O–H groups in total. The van der Waals surface area contributed by atoms with E-state index in [1.165, 1.54) is 4.91 Å². The lowest BCUT2D eigenvalue weighted by atomic mass is 10.2. The molecule has 1 aromatic heterocycles. The van der Waals surface area contributed by atoms with Crippen LogP contribution in [0.4, 0.5) is 0 Å². The van der Waals surface area contributed by atoms with Crippen LogP contribution in [-0.2, 0) is 0 Å². The summed E-state index contributed by atoms with van der Waals surface area (Å²) < 4.78 is 3.00. The second kappa shape index (κ2) is 4.15. The molecule has 0 bridgehead atoms. The largest absolute Gasteiger partial charge is 0.508 e. The van der Waals surface area contributed by atoms with Crippen molar-refractivity contribution < 1.29 is 5.11 Å². The summed E-state index contributed by atoms with van der Waals surface area (Å²) in [5.41, 5.74) is 0.818. The highest BCUT2D eigenvalue weighted by atomic mass is 35.5. The number of hydrogen-bond donors (Lipinski definition) is 4. The molecule has 5 nitrogen and oxygen atoms in total. The van der Waals surface area contributed by atoms with Crippen LogP contribution in [0.1, 0.15) is 5.56 Å². The zero-order valence-corrected chi connectivity index (χ0v) is 10.1. The van der Waals surface area contributed by atoms with Gasteiger partial charge in [0.25, 0.3) is 0 Å². The van der Waals surface area contributed by atoms with Crippen molar-refractivity contribution in [3.63, 3.8) is 0 Å². The quantitative estimate of drug-likeness (QED) is 0.468. The van der Waals surface area contributed by atoms with Crippen molar-refractivity contribution in [1.82, 2.24) is 14.5 Å². The number of benzene rings is 1. The Balaban J connectivity index is 2.54. The lowest BCUT2D eigenvalue weighted by Gasteiger charge is -2.01.